The molecule has 0 fully saturated rings. The summed E-state index contributed by atoms with van der Waals surface area (Å²) in [6.07, 6.45) is 0.953. The van der Waals surface area contributed by atoms with Crippen molar-refractivity contribution in [3.8, 4) is 22.1 Å². The molecular weight excluding hydrogens is 456 g/mol. The van der Waals surface area contributed by atoms with Crippen molar-refractivity contribution in [2.75, 3.05) is 18.5 Å². The lowest BCUT2D eigenvalue weighted by Gasteiger charge is -2.14. The van der Waals surface area contributed by atoms with Crippen LogP contribution in [0.2, 0.25) is 5.02 Å². The normalized spacial score (nSPS) is 10.7. The number of rotatable bonds is 6. The van der Waals surface area contributed by atoms with Crippen LogP contribution in [-0.2, 0) is 7.05 Å². The summed E-state index contributed by atoms with van der Waals surface area (Å²) >= 11 is 10.9. The van der Waals surface area contributed by atoms with Gasteiger partial charge in [0.05, 0.1) is 16.9 Å². The number of nitrogens with one attached hydrogen (secondary N) is 1. The zero-order valence-corrected chi connectivity index (χ0v) is 17.4. The molecule has 0 saturated carbocycles. The topological polar surface area (TPSA) is 91.4 Å². The molecular formula is C17H16BrClN4O3S. The first-order valence-corrected chi connectivity index (χ1v) is 9.90. The molecule has 2 aromatic heterocycles. The number of anilines is 1. The number of thiophene rings is 1. The Morgan fingerprint density at radius 2 is 2.26 bits per heavy atom. The molecule has 0 aliphatic heterocycles. The van der Waals surface area contributed by atoms with Gasteiger partial charge < -0.3 is 15.2 Å². The van der Waals surface area contributed by atoms with Crippen molar-refractivity contribution < 1.29 is 14.3 Å². The second-order valence-corrected chi connectivity index (χ2v) is 7.61. The van der Waals surface area contributed by atoms with E-state index >= 15 is 0 Å². The number of amides is 1. The van der Waals surface area contributed by atoms with E-state index in [1.165, 1.54) is 11.3 Å². The van der Waals surface area contributed by atoms with E-state index in [0.29, 0.717) is 45.9 Å². The van der Waals surface area contributed by atoms with Crippen molar-refractivity contribution in [2.24, 2.45) is 12.8 Å². The fraction of sp³-hybridized carbons (Fsp3) is 0.176. The van der Waals surface area contributed by atoms with Crippen LogP contribution in [0.25, 0.3) is 11.3 Å². The lowest BCUT2D eigenvalue weighted by atomic mass is 10.1. The molecule has 0 bridgehead atoms. The van der Waals surface area contributed by atoms with Crippen LogP contribution in [0.5, 0.6) is 10.8 Å². The summed E-state index contributed by atoms with van der Waals surface area (Å²) < 4.78 is 13.5. The number of benzene rings is 1. The minimum atomic E-state index is -0.595. The Hall–Kier alpha value is -2.07. The maximum atomic E-state index is 12.1. The first-order valence-electron chi connectivity index (χ1n) is 7.85. The Balaban J connectivity index is 1.86. The van der Waals surface area contributed by atoms with E-state index in [-0.39, 0.29) is 0 Å². The number of carbonyl (C=O) groups is 1. The van der Waals surface area contributed by atoms with Crippen molar-refractivity contribution in [3.63, 3.8) is 0 Å². The number of hydrogen-bond acceptors (Lipinski definition) is 6. The van der Waals surface area contributed by atoms with Gasteiger partial charge >= 0.3 is 6.09 Å². The predicted molar refractivity (Wildman–Crippen MR) is 110 cm³/mol. The van der Waals surface area contributed by atoms with Gasteiger partial charge in [-0.1, -0.05) is 11.6 Å². The fourth-order valence-corrected chi connectivity index (χ4v) is 3.91. The molecule has 0 aliphatic carbocycles. The molecule has 3 rings (SSSR count). The van der Waals surface area contributed by atoms with E-state index in [9.17, 15) is 4.79 Å². The molecule has 142 valence electrons. The van der Waals surface area contributed by atoms with E-state index in [4.69, 9.17) is 26.8 Å². The highest BCUT2D eigenvalue weighted by atomic mass is 79.9. The second-order valence-electron chi connectivity index (χ2n) is 5.41. The van der Waals surface area contributed by atoms with Crippen LogP contribution in [0.3, 0.4) is 0 Å². The Morgan fingerprint density at radius 3 is 2.89 bits per heavy atom. The molecule has 0 saturated heterocycles. The van der Waals surface area contributed by atoms with E-state index in [2.05, 4.69) is 26.3 Å². The third kappa shape index (κ3) is 4.81. The van der Waals surface area contributed by atoms with Crippen LogP contribution in [0.4, 0.5) is 10.5 Å². The number of ether oxygens (including phenoxy) is 2. The summed E-state index contributed by atoms with van der Waals surface area (Å²) in [5, 5.41) is 9.64. The molecule has 3 aromatic rings. The standard InChI is InChI=1S/C17H16BrClN4O3S/c1-23-16(13(19)8-21-23)12-7-11(2-3-14(12)25-5-4-20)22-17(24)26-15-6-10(18)9-27-15/h2-3,6-9H,4-5,20H2,1H3,(H,22,24). The highest BCUT2D eigenvalue weighted by Crippen LogP contribution is 2.36. The number of halogens is 2. The Bertz CT molecular complexity index is 940. The number of aromatic nitrogens is 2. The first-order chi connectivity index (χ1) is 13.0. The monoisotopic (exact) mass is 470 g/mol. The van der Waals surface area contributed by atoms with Crippen LogP contribution in [0, 0.1) is 0 Å². The van der Waals surface area contributed by atoms with Gasteiger partial charge in [0, 0.05) is 40.8 Å². The number of nitrogens with two attached hydrogens (primary N) is 1. The molecule has 0 aliphatic rings. The van der Waals surface area contributed by atoms with Gasteiger partial charge in [-0.25, -0.2) is 4.79 Å². The smallest absolute Gasteiger partial charge is 0.417 e. The average Bonchev–Trinajstić information content (AvgIpc) is 3.18. The second kappa shape index (κ2) is 8.75. The van der Waals surface area contributed by atoms with Crippen LogP contribution < -0.4 is 20.5 Å². The number of nitrogens with zero attached hydrogens (tertiary/aromatic N) is 2. The van der Waals surface area contributed by atoms with Gasteiger partial charge in [-0.3, -0.25) is 10.00 Å². The average molecular weight is 472 g/mol. The zero-order chi connectivity index (χ0) is 19.4. The van der Waals surface area contributed by atoms with Gasteiger partial charge in [-0.05, 0) is 34.1 Å². The van der Waals surface area contributed by atoms with Crippen molar-refractivity contribution in [1.29, 1.82) is 0 Å². The van der Waals surface area contributed by atoms with Gasteiger partial charge in [-0.15, -0.1) is 11.3 Å². The summed E-state index contributed by atoms with van der Waals surface area (Å²) in [6.45, 7) is 0.728. The number of hydrogen-bond donors (Lipinski definition) is 2. The van der Waals surface area contributed by atoms with E-state index in [1.54, 1.807) is 42.2 Å². The maximum Gasteiger partial charge on any atom is 0.417 e. The van der Waals surface area contributed by atoms with Gasteiger partial charge in [-0.2, -0.15) is 5.10 Å². The summed E-state index contributed by atoms with van der Waals surface area (Å²) in [4.78, 5) is 12.1. The van der Waals surface area contributed by atoms with Gasteiger partial charge in [0.25, 0.3) is 0 Å². The maximum absolute atomic E-state index is 12.1. The molecule has 1 amide bonds. The molecule has 0 atom stereocenters. The minimum absolute atomic E-state index is 0.352. The quantitative estimate of drug-likeness (QED) is 0.552. The Labute approximate surface area is 173 Å². The molecule has 7 nitrogen and oxygen atoms in total. The minimum Gasteiger partial charge on any atom is -0.492 e. The largest absolute Gasteiger partial charge is 0.492 e. The van der Waals surface area contributed by atoms with Crippen molar-refractivity contribution in [2.45, 2.75) is 0 Å². The van der Waals surface area contributed by atoms with Crippen LogP contribution in [0.15, 0.2) is 40.3 Å². The summed E-state index contributed by atoms with van der Waals surface area (Å²) in [5.74, 6) is 0.590. The lowest BCUT2D eigenvalue weighted by molar-refractivity contribution is 0.216. The first kappa shape index (κ1) is 19.7. The summed E-state index contributed by atoms with van der Waals surface area (Å²) in [6, 6.07) is 6.92. The van der Waals surface area contributed by atoms with E-state index in [1.807, 2.05) is 5.38 Å². The van der Waals surface area contributed by atoms with Crippen molar-refractivity contribution in [3.05, 3.63) is 45.3 Å². The van der Waals surface area contributed by atoms with Crippen LogP contribution >= 0.6 is 38.9 Å². The highest BCUT2D eigenvalue weighted by Gasteiger charge is 2.17. The summed E-state index contributed by atoms with van der Waals surface area (Å²) in [7, 11) is 1.77. The molecule has 0 unspecified atom stereocenters. The molecule has 2 heterocycles. The molecule has 3 N–H and O–H groups in total. The van der Waals surface area contributed by atoms with Gasteiger partial charge in [0.15, 0.2) is 5.06 Å². The lowest BCUT2D eigenvalue weighted by Crippen LogP contribution is -2.16. The number of aryl methyl sites for hydroxylation is 1. The van der Waals surface area contributed by atoms with Gasteiger partial charge in [0.2, 0.25) is 0 Å². The predicted octanol–water partition coefficient (Wildman–Crippen LogP) is 4.51. The Morgan fingerprint density at radius 1 is 1.44 bits per heavy atom. The highest BCUT2D eigenvalue weighted by molar-refractivity contribution is 9.10. The molecule has 10 heteroatoms. The summed E-state index contributed by atoms with van der Waals surface area (Å²) in [5.41, 5.74) is 7.42. The molecule has 27 heavy (non-hydrogen) atoms. The third-order valence-corrected chi connectivity index (χ3v) is 5.33. The van der Waals surface area contributed by atoms with Crippen LogP contribution in [0.1, 0.15) is 0 Å². The number of carbonyl (C=O) groups excluding carboxylic acids is 1. The molecule has 0 radical (unpaired) electrons. The third-order valence-electron chi connectivity index (χ3n) is 3.49. The SMILES string of the molecule is Cn1ncc(Cl)c1-c1cc(NC(=O)Oc2cc(Br)cs2)ccc1OCCN. The van der Waals surface area contributed by atoms with E-state index in [0.717, 1.165) is 4.47 Å². The van der Waals surface area contributed by atoms with Crippen molar-refractivity contribution >= 4 is 50.6 Å². The van der Waals surface area contributed by atoms with E-state index < -0.39 is 6.09 Å². The zero-order valence-electron chi connectivity index (χ0n) is 14.2. The van der Waals surface area contributed by atoms with Crippen LogP contribution in [-0.4, -0.2) is 29.0 Å². The Kier molecular flexibility index (Phi) is 6.38. The molecule has 1 aromatic carbocycles. The van der Waals surface area contributed by atoms with Gasteiger partial charge in [0.1, 0.15) is 12.4 Å². The van der Waals surface area contributed by atoms with Crippen molar-refractivity contribution in [1.82, 2.24) is 9.78 Å². The fourth-order valence-electron chi connectivity index (χ4n) is 2.38. The molecule has 0 spiro atoms.